The number of para-hydroxylation sites is 1. The van der Waals surface area contributed by atoms with E-state index in [9.17, 15) is 26.4 Å². The van der Waals surface area contributed by atoms with Crippen molar-refractivity contribution in [2.75, 3.05) is 29.0 Å². The summed E-state index contributed by atoms with van der Waals surface area (Å²) in [6.45, 7) is 1.54. The minimum Gasteiger partial charge on any atom is -0.494 e. The lowest BCUT2D eigenvalue weighted by atomic mass is 10.1. The quantitative estimate of drug-likeness (QED) is 0.750. The van der Waals surface area contributed by atoms with Gasteiger partial charge in [0, 0.05) is 0 Å². The number of alkyl halides is 3. The van der Waals surface area contributed by atoms with Crippen LogP contribution in [0.2, 0.25) is 0 Å². The Balaban J connectivity index is 2.23. The van der Waals surface area contributed by atoms with Crippen LogP contribution in [-0.2, 0) is 21.0 Å². The van der Waals surface area contributed by atoms with E-state index in [1.165, 1.54) is 36.4 Å². The monoisotopic (exact) mass is 416 g/mol. The van der Waals surface area contributed by atoms with Crippen LogP contribution in [0.3, 0.4) is 0 Å². The number of hydrogen-bond acceptors (Lipinski definition) is 4. The molecule has 28 heavy (non-hydrogen) atoms. The van der Waals surface area contributed by atoms with Gasteiger partial charge in [0.1, 0.15) is 12.3 Å². The van der Waals surface area contributed by atoms with Gasteiger partial charge in [-0.3, -0.25) is 9.10 Å². The van der Waals surface area contributed by atoms with Crippen LogP contribution in [0.15, 0.2) is 48.5 Å². The average molecular weight is 416 g/mol. The van der Waals surface area contributed by atoms with Gasteiger partial charge in [0.15, 0.2) is 0 Å². The molecular weight excluding hydrogens is 397 g/mol. The first-order valence-corrected chi connectivity index (χ1v) is 10.0. The molecule has 0 atom stereocenters. The van der Waals surface area contributed by atoms with Crippen molar-refractivity contribution in [1.29, 1.82) is 0 Å². The summed E-state index contributed by atoms with van der Waals surface area (Å²) in [6, 6.07) is 10.4. The van der Waals surface area contributed by atoms with Gasteiger partial charge < -0.3 is 10.1 Å². The number of halogens is 3. The summed E-state index contributed by atoms with van der Waals surface area (Å²) >= 11 is 0. The number of nitrogens with one attached hydrogen (secondary N) is 1. The Labute approximate surface area is 161 Å². The maximum absolute atomic E-state index is 13.0. The largest absolute Gasteiger partial charge is 0.494 e. The molecule has 2 aromatic rings. The van der Waals surface area contributed by atoms with Gasteiger partial charge in [0.25, 0.3) is 0 Å². The second kappa shape index (κ2) is 8.51. The number of carbonyl (C=O) groups is 1. The lowest BCUT2D eigenvalue weighted by Crippen LogP contribution is -2.37. The van der Waals surface area contributed by atoms with Gasteiger partial charge in [-0.25, -0.2) is 8.42 Å². The van der Waals surface area contributed by atoms with Gasteiger partial charge in [-0.1, -0.05) is 12.1 Å². The van der Waals surface area contributed by atoms with Gasteiger partial charge in [-0.15, -0.1) is 0 Å². The van der Waals surface area contributed by atoms with Crippen molar-refractivity contribution in [3.63, 3.8) is 0 Å². The van der Waals surface area contributed by atoms with Crippen LogP contribution in [0.25, 0.3) is 0 Å². The van der Waals surface area contributed by atoms with Crippen LogP contribution >= 0.6 is 0 Å². The van der Waals surface area contributed by atoms with E-state index in [1.807, 2.05) is 0 Å². The summed E-state index contributed by atoms with van der Waals surface area (Å²) in [5, 5.41) is 2.13. The highest BCUT2D eigenvalue weighted by Gasteiger charge is 2.33. The lowest BCUT2D eigenvalue weighted by molar-refractivity contribution is -0.137. The molecule has 0 aliphatic carbocycles. The molecule has 0 aromatic heterocycles. The molecule has 152 valence electrons. The first kappa shape index (κ1) is 21.5. The Bertz CT molecular complexity index is 929. The smallest absolute Gasteiger partial charge is 0.418 e. The van der Waals surface area contributed by atoms with Crippen molar-refractivity contribution >= 4 is 27.3 Å². The highest BCUT2D eigenvalue weighted by Crippen LogP contribution is 2.34. The number of rotatable bonds is 7. The Morgan fingerprint density at radius 3 is 2.25 bits per heavy atom. The molecule has 0 heterocycles. The topological polar surface area (TPSA) is 75.7 Å². The third-order valence-corrected chi connectivity index (χ3v) is 4.77. The SMILES string of the molecule is CCOc1ccc(N(CC(=O)Nc2ccccc2C(F)(F)F)S(C)(=O)=O)cc1. The fraction of sp³-hybridized carbons (Fsp3) is 0.278. The highest BCUT2D eigenvalue weighted by molar-refractivity contribution is 7.92. The summed E-state index contributed by atoms with van der Waals surface area (Å²) in [7, 11) is -3.86. The molecule has 0 unspecified atom stereocenters. The molecule has 1 amide bonds. The molecule has 0 aliphatic rings. The van der Waals surface area contributed by atoms with Crippen molar-refractivity contribution in [3.8, 4) is 5.75 Å². The van der Waals surface area contributed by atoms with Crippen molar-refractivity contribution in [1.82, 2.24) is 0 Å². The van der Waals surface area contributed by atoms with Crippen molar-refractivity contribution < 1.29 is 31.1 Å². The molecule has 6 nitrogen and oxygen atoms in total. The summed E-state index contributed by atoms with van der Waals surface area (Å²) in [5.41, 5.74) is -1.28. The van der Waals surface area contributed by atoms with E-state index >= 15 is 0 Å². The predicted octanol–water partition coefficient (Wildman–Crippen LogP) is 3.51. The summed E-state index contributed by atoms with van der Waals surface area (Å²) in [5.74, 6) is -0.390. The second-order valence-corrected chi connectivity index (χ2v) is 7.69. The maximum Gasteiger partial charge on any atom is 0.418 e. The minimum atomic E-state index is -4.66. The molecule has 0 saturated carbocycles. The average Bonchev–Trinajstić information content (AvgIpc) is 2.59. The first-order valence-electron chi connectivity index (χ1n) is 8.19. The number of benzene rings is 2. The van der Waals surface area contributed by atoms with Crippen LogP contribution in [0.5, 0.6) is 5.75 Å². The standard InChI is InChI=1S/C18H19F3N2O4S/c1-3-27-14-10-8-13(9-11-14)23(28(2,25)26)12-17(24)22-16-7-5-4-6-15(16)18(19,20)21/h4-11H,3,12H2,1-2H3,(H,22,24). The molecule has 0 bridgehead atoms. The summed E-state index contributed by atoms with van der Waals surface area (Å²) < 4.78 is 69.4. The molecule has 0 radical (unpaired) electrons. The van der Waals surface area contributed by atoms with E-state index in [-0.39, 0.29) is 5.69 Å². The molecular formula is C18H19F3N2O4S. The molecule has 2 aromatic carbocycles. The van der Waals surface area contributed by atoms with Crippen molar-refractivity contribution in [2.24, 2.45) is 0 Å². The van der Waals surface area contributed by atoms with E-state index < -0.39 is 39.9 Å². The lowest BCUT2D eigenvalue weighted by Gasteiger charge is -2.22. The van der Waals surface area contributed by atoms with E-state index in [1.54, 1.807) is 6.92 Å². The third kappa shape index (κ3) is 5.62. The second-order valence-electron chi connectivity index (χ2n) is 5.79. The van der Waals surface area contributed by atoms with Crippen LogP contribution in [0.4, 0.5) is 24.5 Å². The number of nitrogens with zero attached hydrogens (tertiary/aromatic N) is 1. The number of hydrogen-bond donors (Lipinski definition) is 1. The summed E-state index contributed by atoms with van der Waals surface area (Å²) in [6.07, 6.45) is -3.75. The number of anilines is 2. The van der Waals surface area contributed by atoms with Crippen LogP contribution in [-0.4, -0.2) is 33.7 Å². The number of ether oxygens (including phenoxy) is 1. The third-order valence-electron chi connectivity index (χ3n) is 3.63. The van der Waals surface area contributed by atoms with E-state index in [4.69, 9.17) is 4.74 Å². The Morgan fingerprint density at radius 2 is 1.71 bits per heavy atom. The fourth-order valence-electron chi connectivity index (χ4n) is 2.43. The van der Waals surface area contributed by atoms with E-state index in [2.05, 4.69) is 5.32 Å². The van der Waals surface area contributed by atoms with E-state index in [0.29, 0.717) is 12.4 Å². The Kier molecular flexibility index (Phi) is 6.55. The molecule has 2 rings (SSSR count). The zero-order valence-electron chi connectivity index (χ0n) is 15.2. The number of sulfonamides is 1. The fourth-order valence-corrected chi connectivity index (χ4v) is 3.29. The normalized spacial score (nSPS) is 11.8. The maximum atomic E-state index is 13.0. The van der Waals surface area contributed by atoms with Crippen molar-refractivity contribution in [3.05, 3.63) is 54.1 Å². The van der Waals surface area contributed by atoms with Gasteiger partial charge in [-0.2, -0.15) is 13.2 Å². The molecule has 0 saturated heterocycles. The van der Waals surface area contributed by atoms with Gasteiger partial charge >= 0.3 is 6.18 Å². The molecule has 0 spiro atoms. The molecule has 1 N–H and O–H groups in total. The van der Waals surface area contributed by atoms with Crippen LogP contribution in [0, 0.1) is 0 Å². The Hall–Kier alpha value is -2.75. The van der Waals surface area contributed by atoms with Crippen LogP contribution in [0.1, 0.15) is 12.5 Å². The predicted molar refractivity (Wildman–Crippen MR) is 99.9 cm³/mol. The minimum absolute atomic E-state index is 0.185. The highest BCUT2D eigenvalue weighted by atomic mass is 32.2. The Morgan fingerprint density at radius 1 is 1.11 bits per heavy atom. The van der Waals surface area contributed by atoms with Crippen molar-refractivity contribution in [2.45, 2.75) is 13.1 Å². The molecule has 0 aliphatic heterocycles. The van der Waals surface area contributed by atoms with Gasteiger partial charge in [-0.05, 0) is 43.3 Å². The zero-order valence-corrected chi connectivity index (χ0v) is 16.0. The zero-order chi connectivity index (χ0) is 20.9. The first-order chi connectivity index (χ1) is 13.0. The van der Waals surface area contributed by atoms with Gasteiger partial charge in [0.2, 0.25) is 15.9 Å². The number of amides is 1. The van der Waals surface area contributed by atoms with Crippen LogP contribution < -0.4 is 14.4 Å². The molecule has 0 fully saturated rings. The summed E-state index contributed by atoms with van der Waals surface area (Å²) in [4.78, 5) is 12.3. The molecule has 10 heteroatoms. The van der Waals surface area contributed by atoms with Gasteiger partial charge in [0.05, 0.1) is 29.8 Å². The van der Waals surface area contributed by atoms with E-state index in [0.717, 1.165) is 22.7 Å². The number of carbonyl (C=O) groups excluding carboxylic acids is 1.